The van der Waals surface area contributed by atoms with Gasteiger partial charge in [0, 0.05) is 0 Å². The molecule has 1 aromatic carbocycles. The summed E-state index contributed by atoms with van der Waals surface area (Å²) in [5.74, 6) is -0.00259. The van der Waals surface area contributed by atoms with Crippen LogP contribution in [0.3, 0.4) is 0 Å². The normalized spacial score (nSPS) is 9.70. The summed E-state index contributed by atoms with van der Waals surface area (Å²) in [5, 5.41) is 8.89. The third kappa shape index (κ3) is 1.18. The molecule has 0 unspecified atom stereocenters. The molecule has 0 aliphatic carbocycles. The van der Waals surface area contributed by atoms with Gasteiger partial charge in [0.25, 0.3) is 0 Å². The molecular formula is C7H8FNO. The molecule has 0 atom stereocenters. The van der Waals surface area contributed by atoms with E-state index in [1.807, 2.05) is 0 Å². The van der Waals surface area contributed by atoms with Crippen molar-refractivity contribution in [2.75, 3.05) is 5.73 Å². The number of halogens is 1. The average molecular weight is 141 g/mol. The van der Waals surface area contributed by atoms with E-state index in [0.717, 1.165) is 0 Å². The molecule has 1 rings (SSSR count). The summed E-state index contributed by atoms with van der Waals surface area (Å²) in [7, 11) is 0. The zero-order valence-corrected chi connectivity index (χ0v) is 5.34. The standard InChI is InChI=1S/C7H8FNO/c8-4-5-1-2-7(10)6(9)3-5/h1-3,10H,4,9H2. The van der Waals surface area contributed by atoms with Crippen LogP contribution < -0.4 is 5.73 Å². The molecule has 0 saturated carbocycles. The van der Waals surface area contributed by atoms with Crippen LogP contribution >= 0.6 is 0 Å². The highest BCUT2D eigenvalue weighted by Crippen LogP contribution is 2.20. The van der Waals surface area contributed by atoms with Gasteiger partial charge in [0.05, 0.1) is 5.69 Å². The molecule has 0 amide bonds. The Morgan fingerprint density at radius 2 is 2.20 bits per heavy atom. The van der Waals surface area contributed by atoms with Crippen LogP contribution in [0.2, 0.25) is 0 Å². The maximum atomic E-state index is 11.9. The predicted octanol–water partition coefficient (Wildman–Crippen LogP) is 1.44. The molecular weight excluding hydrogens is 133 g/mol. The minimum Gasteiger partial charge on any atom is -0.506 e. The first kappa shape index (κ1) is 6.86. The van der Waals surface area contributed by atoms with Crippen molar-refractivity contribution in [2.24, 2.45) is 0 Å². The molecule has 1 aromatic rings. The molecule has 0 bridgehead atoms. The molecule has 0 aromatic heterocycles. The summed E-state index contributed by atoms with van der Waals surface area (Å²) in [4.78, 5) is 0. The summed E-state index contributed by atoms with van der Waals surface area (Å²) < 4.78 is 11.9. The molecule has 3 N–H and O–H groups in total. The fourth-order valence-electron chi connectivity index (χ4n) is 0.687. The Morgan fingerprint density at radius 3 is 2.70 bits per heavy atom. The monoisotopic (exact) mass is 141 g/mol. The minimum atomic E-state index is -0.551. The second-order valence-electron chi connectivity index (χ2n) is 2.03. The SMILES string of the molecule is Nc1cc(CF)ccc1O. The molecule has 0 heterocycles. The molecule has 10 heavy (non-hydrogen) atoms. The molecule has 3 heteroatoms. The number of nitrogen functional groups attached to an aromatic ring is 1. The lowest BCUT2D eigenvalue weighted by Gasteiger charge is -1.98. The first-order chi connectivity index (χ1) is 4.74. The molecule has 0 spiro atoms. The van der Waals surface area contributed by atoms with Crippen LogP contribution in [-0.4, -0.2) is 5.11 Å². The van der Waals surface area contributed by atoms with Gasteiger partial charge in [-0.25, -0.2) is 4.39 Å². The molecule has 0 saturated heterocycles. The maximum absolute atomic E-state index is 11.9. The van der Waals surface area contributed by atoms with Crippen LogP contribution in [0, 0.1) is 0 Å². The first-order valence-corrected chi connectivity index (χ1v) is 2.87. The van der Waals surface area contributed by atoms with Gasteiger partial charge >= 0.3 is 0 Å². The van der Waals surface area contributed by atoms with E-state index in [2.05, 4.69) is 0 Å². The van der Waals surface area contributed by atoms with Crippen LogP contribution in [0.5, 0.6) is 5.75 Å². The van der Waals surface area contributed by atoms with Crippen molar-refractivity contribution < 1.29 is 9.50 Å². The fourth-order valence-corrected chi connectivity index (χ4v) is 0.687. The number of hydrogen-bond acceptors (Lipinski definition) is 2. The number of aromatic hydroxyl groups is 1. The van der Waals surface area contributed by atoms with Crippen LogP contribution in [0.15, 0.2) is 18.2 Å². The lowest BCUT2D eigenvalue weighted by molar-refractivity contribution is 0.472. The molecule has 0 fully saturated rings. The molecule has 0 aliphatic heterocycles. The second-order valence-corrected chi connectivity index (χ2v) is 2.03. The third-order valence-corrected chi connectivity index (χ3v) is 1.25. The van der Waals surface area contributed by atoms with Crippen molar-refractivity contribution in [1.82, 2.24) is 0 Å². The van der Waals surface area contributed by atoms with Gasteiger partial charge in [-0.2, -0.15) is 0 Å². The van der Waals surface area contributed by atoms with Crippen LogP contribution in [0.4, 0.5) is 10.1 Å². The number of anilines is 1. The molecule has 54 valence electrons. The lowest BCUT2D eigenvalue weighted by Crippen LogP contribution is -1.87. The van der Waals surface area contributed by atoms with Gasteiger partial charge in [-0.3, -0.25) is 0 Å². The Labute approximate surface area is 58.1 Å². The average Bonchev–Trinajstić information content (AvgIpc) is 1.95. The number of phenolic OH excluding ortho intramolecular Hbond substituents is 1. The van der Waals surface area contributed by atoms with Gasteiger partial charge < -0.3 is 10.8 Å². The number of phenols is 1. The van der Waals surface area contributed by atoms with E-state index in [1.54, 1.807) is 0 Å². The fraction of sp³-hybridized carbons (Fsp3) is 0.143. The van der Waals surface area contributed by atoms with E-state index in [-0.39, 0.29) is 11.4 Å². The Balaban J connectivity index is 3.04. The van der Waals surface area contributed by atoms with Gasteiger partial charge in [0.2, 0.25) is 0 Å². The van der Waals surface area contributed by atoms with Gasteiger partial charge in [0.15, 0.2) is 0 Å². The Hall–Kier alpha value is -1.25. The van der Waals surface area contributed by atoms with Gasteiger partial charge in [0.1, 0.15) is 12.4 Å². The molecule has 0 aliphatic rings. The van der Waals surface area contributed by atoms with Crippen molar-refractivity contribution in [1.29, 1.82) is 0 Å². The van der Waals surface area contributed by atoms with Crippen LogP contribution in [0.25, 0.3) is 0 Å². The summed E-state index contributed by atoms with van der Waals surface area (Å²) in [6, 6.07) is 4.28. The summed E-state index contributed by atoms with van der Waals surface area (Å²) >= 11 is 0. The third-order valence-electron chi connectivity index (χ3n) is 1.25. The number of benzene rings is 1. The van der Waals surface area contributed by atoms with Gasteiger partial charge in [-0.05, 0) is 17.7 Å². The summed E-state index contributed by atoms with van der Waals surface area (Å²) in [6.45, 7) is -0.551. The zero-order valence-electron chi connectivity index (χ0n) is 5.34. The predicted molar refractivity (Wildman–Crippen MR) is 37.3 cm³/mol. The topological polar surface area (TPSA) is 46.2 Å². The van der Waals surface area contributed by atoms with Gasteiger partial charge in [-0.15, -0.1) is 0 Å². The Bertz CT molecular complexity index is 237. The van der Waals surface area contributed by atoms with E-state index in [9.17, 15) is 4.39 Å². The van der Waals surface area contributed by atoms with Crippen molar-refractivity contribution in [3.05, 3.63) is 23.8 Å². The lowest BCUT2D eigenvalue weighted by atomic mass is 10.2. The van der Waals surface area contributed by atoms with Crippen molar-refractivity contribution >= 4 is 5.69 Å². The van der Waals surface area contributed by atoms with E-state index < -0.39 is 6.67 Å². The zero-order chi connectivity index (χ0) is 7.56. The van der Waals surface area contributed by atoms with Gasteiger partial charge in [-0.1, -0.05) is 6.07 Å². The molecule has 0 radical (unpaired) electrons. The maximum Gasteiger partial charge on any atom is 0.138 e. The first-order valence-electron chi connectivity index (χ1n) is 2.87. The highest BCUT2D eigenvalue weighted by atomic mass is 19.1. The Kier molecular flexibility index (Phi) is 1.76. The number of rotatable bonds is 1. The Morgan fingerprint density at radius 1 is 1.50 bits per heavy atom. The minimum absolute atomic E-state index is 0.00259. The smallest absolute Gasteiger partial charge is 0.138 e. The van der Waals surface area contributed by atoms with Crippen molar-refractivity contribution in [3.63, 3.8) is 0 Å². The van der Waals surface area contributed by atoms with E-state index >= 15 is 0 Å². The highest BCUT2D eigenvalue weighted by molar-refractivity contribution is 5.53. The van der Waals surface area contributed by atoms with E-state index in [4.69, 9.17) is 10.8 Å². The largest absolute Gasteiger partial charge is 0.506 e. The van der Waals surface area contributed by atoms with E-state index in [0.29, 0.717) is 5.56 Å². The number of alkyl halides is 1. The van der Waals surface area contributed by atoms with Crippen LogP contribution in [-0.2, 0) is 6.67 Å². The number of hydrogen-bond donors (Lipinski definition) is 2. The highest BCUT2D eigenvalue weighted by Gasteiger charge is 1.96. The summed E-state index contributed by atoms with van der Waals surface area (Å²) in [6.07, 6.45) is 0. The second kappa shape index (κ2) is 2.56. The quantitative estimate of drug-likeness (QED) is 0.459. The summed E-state index contributed by atoms with van der Waals surface area (Å²) in [5.41, 5.74) is 5.98. The van der Waals surface area contributed by atoms with Crippen LogP contribution in [0.1, 0.15) is 5.56 Å². The number of nitrogens with two attached hydrogens (primary N) is 1. The van der Waals surface area contributed by atoms with E-state index in [1.165, 1.54) is 18.2 Å². The van der Waals surface area contributed by atoms with Crippen molar-refractivity contribution in [3.8, 4) is 5.75 Å². The molecule has 2 nitrogen and oxygen atoms in total. The van der Waals surface area contributed by atoms with Crippen molar-refractivity contribution in [2.45, 2.75) is 6.67 Å².